The van der Waals surface area contributed by atoms with Gasteiger partial charge in [0.2, 0.25) is 5.91 Å². The van der Waals surface area contributed by atoms with Crippen LogP contribution in [0.2, 0.25) is 0 Å². The lowest BCUT2D eigenvalue weighted by Gasteiger charge is -2.15. The molecule has 0 aliphatic heterocycles. The summed E-state index contributed by atoms with van der Waals surface area (Å²) in [7, 11) is 0. The van der Waals surface area contributed by atoms with Crippen molar-refractivity contribution in [2.45, 2.75) is 19.3 Å². The lowest BCUT2D eigenvalue weighted by molar-refractivity contribution is -0.145. The summed E-state index contributed by atoms with van der Waals surface area (Å²) in [5, 5.41) is 19.6. The van der Waals surface area contributed by atoms with Crippen LogP contribution >= 0.6 is 0 Å². The third-order valence-corrected chi connectivity index (χ3v) is 3.91. The number of anilines is 1. The van der Waals surface area contributed by atoms with Crippen molar-refractivity contribution in [2.24, 2.45) is 11.8 Å². The lowest BCUT2D eigenvalue weighted by atomic mass is 9.95. The molecule has 6 heteroatoms. The summed E-state index contributed by atoms with van der Waals surface area (Å²) in [4.78, 5) is 23.4. The monoisotopic (exact) mass is 273 g/mol. The molecule has 0 saturated heterocycles. The number of H-pyrrole nitrogens is 1. The molecule has 1 amide bonds. The van der Waals surface area contributed by atoms with Crippen LogP contribution in [0.4, 0.5) is 5.69 Å². The van der Waals surface area contributed by atoms with Crippen molar-refractivity contribution in [1.29, 1.82) is 0 Å². The number of carbonyl (C=O) groups excluding carboxylic acids is 1. The van der Waals surface area contributed by atoms with Crippen LogP contribution < -0.4 is 5.32 Å². The van der Waals surface area contributed by atoms with Gasteiger partial charge in [0.15, 0.2) is 0 Å². The summed E-state index contributed by atoms with van der Waals surface area (Å²) >= 11 is 0. The van der Waals surface area contributed by atoms with Crippen LogP contribution in [0, 0.1) is 11.8 Å². The van der Waals surface area contributed by atoms with Gasteiger partial charge in [-0.25, -0.2) is 0 Å². The predicted octanol–water partition coefficient (Wildman–Crippen LogP) is 2.00. The summed E-state index contributed by atoms with van der Waals surface area (Å²) in [6.45, 7) is 0. The molecule has 2 unspecified atom stereocenters. The van der Waals surface area contributed by atoms with E-state index in [1.165, 1.54) is 0 Å². The number of carboxylic acid groups (broad SMARTS) is 1. The van der Waals surface area contributed by atoms with Gasteiger partial charge in [0.05, 0.1) is 29.2 Å². The van der Waals surface area contributed by atoms with Gasteiger partial charge in [-0.1, -0.05) is 12.5 Å². The number of aromatic nitrogens is 2. The standard InChI is InChI=1S/C14H15N3O3/c18-13(8-3-1-4-9(8)14(19)20)16-11-5-2-6-12-10(11)7-15-17-12/h2,5-9H,1,3-4H2,(H,15,17)(H,16,18)(H,19,20). The summed E-state index contributed by atoms with van der Waals surface area (Å²) in [6.07, 6.45) is 3.63. The minimum absolute atomic E-state index is 0.219. The smallest absolute Gasteiger partial charge is 0.307 e. The van der Waals surface area contributed by atoms with E-state index in [1.807, 2.05) is 12.1 Å². The first-order chi connectivity index (χ1) is 9.66. The van der Waals surface area contributed by atoms with Gasteiger partial charge >= 0.3 is 5.97 Å². The van der Waals surface area contributed by atoms with Gasteiger partial charge < -0.3 is 10.4 Å². The Morgan fingerprint density at radius 3 is 2.90 bits per heavy atom. The topological polar surface area (TPSA) is 95.1 Å². The van der Waals surface area contributed by atoms with Gasteiger partial charge in [0.25, 0.3) is 0 Å². The average molecular weight is 273 g/mol. The molecule has 1 heterocycles. The largest absolute Gasteiger partial charge is 0.481 e. The van der Waals surface area contributed by atoms with Crippen molar-refractivity contribution in [2.75, 3.05) is 5.32 Å². The molecule has 0 radical (unpaired) electrons. The van der Waals surface area contributed by atoms with Gasteiger partial charge in [0, 0.05) is 5.39 Å². The van der Waals surface area contributed by atoms with Crippen molar-refractivity contribution < 1.29 is 14.7 Å². The fourth-order valence-electron chi connectivity index (χ4n) is 2.87. The Balaban J connectivity index is 1.82. The van der Waals surface area contributed by atoms with E-state index in [1.54, 1.807) is 12.3 Å². The second kappa shape index (κ2) is 4.96. The molecule has 1 aromatic heterocycles. The minimum atomic E-state index is -0.885. The Bertz CT molecular complexity index is 664. The quantitative estimate of drug-likeness (QED) is 0.797. The first-order valence-corrected chi connectivity index (χ1v) is 6.62. The number of nitrogens with zero attached hydrogens (tertiary/aromatic N) is 1. The number of aliphatic carboxylic acids is 1. The number of hydrogen-bond donors (Lipinski definition) is 3. The van der Waals surface area contributed by atoms with E-state index in [-0.39, 0.29) is 5.91 Å². The lowest BCUT2D eigenvalue weighted by Crippen LogP contribution is -2.30. The van der Waals surface area contributed by atoms with Crippen LogP contribution in [0.5, 0.6) is 0 Å². The molecule has 104 valence electrons. The Morgan fingerprint density at radius 1 is 1.30 bits per heavy atom. The molecule has 3 N–H and O–H groups in total. The highest BCUT2D eigenvalue weighted by atomic mass is 16.4. The summed E-state index contributed by atoms with van der Waals surface area (Å²) in [5.41, 5.74) is 1.50. The maximum Gasteiger partial charge on any atom is 0.307 e. The maximum atomic E-state index is 12.3. The molecule has 1 fully saturated rings. The molecular formula is C14H15N3O3. The first-order valence-electron chi connectivity index (χ1n) is 6.62. The fraction of sp³-hybridized carbons (Fsp3) is 0.357. The molecule has 1 aromatic carbocycles. The second-order valence-electron chi connectivity index (χ2n) is 5.11. The van der Waals surface area contributed by atoms with Crippen LogP contribution in [0.3, 0.4) is 0 Å². The zero-order chi connectivity index (χ0) is 14.1. The van der Waals surface area contributed by atoms with E-state index in [4.69, 9.17) is 5.11 Å². The second-order valence-corrected chi connectivity index (χ2v) is 5.11. The number of fused-ring (bicyclic) bond motifs is 1. The molecule has 6 nitrogen and oxygen atoms in total. The van der Waals surface area contributed by atoms with Crippen LogP contribution in [-0.4, -0.2) is 27.2 Å². The first kappa shape index (κ1) is 12.7. The average Bonchev–Trinajstić information content (AvgIpc) is 3.08. The Labute approximate surface area is 115 Å². The summed E-state index contributed by atoms with van der Waals surface area (Å²) in [6, 6.07) is 5.48. The molecule has 1 aliphatic carbocycles. The van der Waals surface area contributed by atoms with Gasteiger partial charge in [-0.05, 0) is 25.0 Å². The molecule has 1 saturated carbocycles. The Morgan fingerprint density at radius 2 is 2.10 bits per heavy atom. The van der Waals surface area contributed by atoms with E-state index in [2.05, 4.69) is 15.5 Å². The molecule has 1 aliphatic rings. The van der Waals surface area contributed by atoms with Crippen LogP contribution in [0.1, 0.15) is 19.3 Å². The fourth-order valence-corrected chi connectivity index (χ4v) is 2.87. The molecular weight excluding hydrogens is 258 g/mol. The number of nitrogens with one attached hydrogen (secondary N) is 2. The van der Waals surface area contributed by atoms with E-state index in [0.717, 1.165) is 17.3 Å². The molecule has 20 heavy (non-hydrogen) atoms. The van der Waals surface area contributed by atoms with Gasteiger partial charge in [0.1, 0.15) is 0 Å². The van der Waals surface area contributed by atoms with Crippen LogP contribution in [0.15, 0.2) is 24.4 Å². The number of amides is 1. The Kier molecular flexibility index (Phi) is 3.14. The van der Waals surface area contributed by atoms with Crippen LogP contribution in [0.25, 0.3) is 10.9 Å². The normalized spacial score (nSPS) is 22.0. The zero-order valence-corrected chi connectivity index (χ0v) is 10.8. The number of rotatable bonds is 3. The zero-order valence-electron chi connectivity index (χ0n) is 10.8. The minimum Gasteiger partial charge on any atom is -0.481 e. The highest BCUT2D eigenvalue weighted by molar-refractivity contribution is 6.02. The molecule has 2 aromatic rings. The summed E-state index contributed by atoms with van der Waals surface area (Å²) < 4.78 is 0. The van der Waals surface area contributed by atoms with E-state index in [9.17, 15) is 9.59 Å². The number of aromatic amines is 1. The van der Waals surface area contributed by atoms with Crippen molar-refractivity contribution >= 4 is 28.5 Å². The molecule has 0 spiro atoms. The van der Waals surface area contributed by atoms with Gasteiger partial charge in [-0.3, -0.25) is 14.7 Å². The number of benzene rings is 1. The molecule has 3 rings (SSSR count). The predicted molar refractivity (Wildman–Crippen MR) is 73.2 cm³/mol. The highest BCUT2D eigenvalue weighted by Gasteiger charge is 2.37. The van der Waals surface area contributed by atoms with Crippen molar-refractivity contribution in [3.63, 3.8) is 0 Å². The van der Waals surface area contributed by atoms with Crippen molar-refractivity contribution in [3.8, 4) is 0 Å². The van der Waals surface area contributed by atoms with E-state index < -0.39 is 17.8 Å². The number of carboxylic acids is 1. The van der Waals surface area contributed by atoms with Crippen molar-refractivity contribution in [3.05, 3.63) is 24.4 Å². The number of carbonyl (C=O) groups is 2. The van der Waals surface area contributed by atoms with Gasteiger partial charge in [-0.2, -0.15) is 5.10 Å². The third kappa shape index (κ3) is 2.13. The van der Waals surface area contributed by atoms with Gasteiger partial charge in [-0.15, -0.1) is 0 Å². The summed E-state index contributed by atoms with van der Waals surface area (Å²) in [5.74, 6) is -2.12. The SMILES string of the molecule is O=C(O)C1CCCC1C(=O)Nc1cccc2[nH]ncc12. The third-order valence-electron chi connectivity index (χ3n) is 3.91. The van der Waals surface area contributed by atoms with Crippen LogP contribution in [-0.2, 0) is 9.59 Å². The van der Waals surface area contributed by atoms with E-state index in [0.29, 0.717) is 18.5 Å². The Hall–Kier alpha value is -2.37. The highest BCUT2D eigenvalue weighted by Crippen LogP contribution is 2.33. The molecule has 2 atom stereocenters. The maximum absolute atomic E-state index is 12.3. The molecule has 0 bridgehead atoms. The van der Waals surface area contributed by atoms with Crippen molar-refractivity contribution in [1.82, 2.24) is 10.2 Å². The number of hydrogen-bond acceptors (Lipinski definition) is 3. The van der Waals surface area contributed by atoms with E-state index >= 15 is 0 Å².